The van der Waals surface area contributed by atoms with E-state index in [-0.39, 0.29) is 0 Å². The van der Waals surface area contributed by atoms with Gasteiger partial charge >= 0.3 is 0 Å². The second kappa shape index (κ2) is 2.36. The van der Waals surface area contributed by atoms with Gasteiger partial charge in [0.2, 0.25) is 0 Å². The first-order chi connectivity index (χ1) is 4.88. The third kappa shape index (κ3) is 0.879. The van der Waals surface area contributed by atoms with Gasteiger partial charge in [0.05, 0.1) is 0 Å². The molecule has 0 radical (unpaired) electrons. The maximum absolute atomic E-state index is 5.13. The summed E-state index contributed by atoms with van der Waals surface area (Å²) in [6, 6.07) is 0. The summed E-state index contributed by atoms with van der Waals surface area (Å²) in [5, 5.41) is 0. The summed E-state index contributed by atoms with van der Waals surface area (Å²) in [5.41, 5.74) is 1.27. The molecule has 0 aromatic rings. The fourth-order valence-electron chi connectivity index (χ4n) is 1.07. The van der Waals surface area contributed by atoms with Crippen LogP contribution in [0.25, 0.3) is 0 Å². The molecule has 0 fully saturated rings. The van der Waals surface area contributed by atoms with Crippen LogP contribution in [0.15, 0.2) is 34.8 Å². The minimum absolute atomic E-state index is 0.988. The molecule has 2 aliphatic rings. The lowest BCUT2D eigenvalue weighted by Gasteiger charge is -2.05. The van der Waals surface area contributed by atoms with Crippen LogP contribution in [0.3, 0.4) is 0 Å². The molecule has 1 heterocycles. The van der Waals surface area contributed by atoms with Crippen LogP contribution in [0.5, 0.6) is 0 Å². The van der Waals surface area contributed by atoms with E-state index in [4.69, 9.17) is 12.2 Å². The molecule has 0 bridgehead atoms. The molecule has 1 aliphatic heterocycles. The van der Waals surface area contributed by atoms with Crippen molar-refractivity contribution in [2.45, 2.75) is 0 Å². The van der Waals surface area contributed by atoms with Gasteiger partial charge in [0.1, 0.15) is 0 Å². The van der Waals surface area contributed by atoms with Gasteiger partial charge in [-0.05, 0) is 12.2 Å². The standard InChI is InChI=1S/C8H6S2/c9-7-2-1-3-8-6(7)4-5-10-8/h1-4H,5H2. The second-order valence-electron chi connectivity index (χ2n) is 2.18. The van der Waals surface area contributed by atoms with Crippen molar-refractivity contribution in [3.05, 3.63) is 34.8 Å². The Labute approximate surface area is 69.7 Å². The zero-order valence-electron chi connectivity index (χ0n) is 5.33. The highest BCUT2D eigenvalue weighted by molar-refractivity contribution is 8.04. The van der Waals surface area contributed by atoms with E-state index in [1.165, 1.54) is 10.5 Å². The zero-order chi connectivity index (χ0) is 6.97. The summed E-state index contributed by atoms with van der Waals surface area (Å²) >= 11 is 6.99. The van der Waals surface area contributed by atoms with Crippen LogP contribution in [0, 0.1) is 0 Å². The summed E-state index contributed by atoms with van der Waals surface area (Å²) in [6.07, 6.45) is 8.32. The van der Waals surface area contributed by atoms with Crippen molar-refractivity contribution < 1.29 is 0 Å². The lowest BCUT2D eigenvalue weighted by molar-refractivity contribution is 1.71. The third-order valence-electron chi connectivity index (χ3n) is 1.55. The lowest BCUT2D eigenvalue weighted by atomic mass is 10.1. The molecule has 0 spiro atoms. The van der Waals surface area contributed by atoms with Crippen molar-refractivity contribution in [2.24, 2.45) is 0 Å². The molecule has 0 aromatic carbocycles. The van der Waals surface area contributed by atoms with E-state index in [1.807, 2.05) is 23.9 Å². The first-order valence-corrected chi connectivity index (χ1v) is 4.53. The van der Waals surface area contributed by atoms with Crippen molar-refractivity contribution in [2.75, 3.05) is 5.75 Å². The average molecular weight is 166 g/mol. The van der Waals surface area contributed by atoms with Crippen molar-refractivity contribution in [3.8, 4) is 0 Å². The van der Waals surface area contributed by atoms with Crippen LogP contribution < -0.4 is 0 Å². The molecule has 10 heavy (non-hydrogen) atoms. The molecule has 2 heteroatoms. The minimum Gasteiger partial charge on any atom is -0.121 e. The van der Waals surface area contributed by atoms with Gasteiger partial charge in [-0.3, -0.25) is 0 Å². The number of thioether (sulfide) groups is 1. The molecule has 2 rings (SSSR count). The predicted octanol–water partition coefficient (Wildman–Crippen LogP) is 2.48. The number of allylic oxidation sites excluding steroid dienone is 4. The Kier molecular flexibility index (Phi) is 1.51. The molecule has 0 amide bonds. The van der Waals surface area contributed by atoms with Crippen molar-refractivity contribution in [1.82, 2.24) is 0 Å². The fourth-order valence-corrected chi connectivity index (χ4v) is 2.36. The average Bonchev–Trinajstić information content (AvgIpc) is 2.36. The molecular weight excluding hydrogens is 160 g/mol. The molecule has 0 aromatic heterocycles. The summed E-state index contributed by atoms with van der Waals surface area (Å²) in [6.45, 7) is 0. The van der Waals surface area contributed by atoms with E-state index in [1.54, 1.807) is 0 Å². The summed E-state index contributed by atoms with van der Waals surface area (Å²) in [4.78, 5) is 2.33. The van der Waals surface area contributed by atoms with Gasteiger partial charge in [0, 0.05) is 21.1 Å². The van der Waals surface area contributed by atoms with E-state index in [0.29, 0.717) is 0 Å². The monoisotopic (exact) mass is 166 g/mol. The van der Waals surface area contributed by atoms with Crippen LogP contribution >= 0.6 is 24.0 Å². The van der Waals surface area contributed by atoms with Gasteiger partial charge in [-0.1, -0.05) is 24.4 Å². The van der Waals surface area contributed by atoms with Gasteiger partial charge in [-0.25, -0.2) is 0 Å². The summed E-state index contributed by atoms with van der Waals surface area (Å²) < 4.78 is 0. The van der Waals surface area contributed by atoms with Gasteiger partial charge in [-0.2, -0.15) is 0 Å². The summed E-state index contributed by atoms with van der Waals surface area (Å²) in [7, 11) is 0. The van der Waals surface area contributed by atoms with E-state index in [2.05, 4.69) is 12.2 Å². The number of thiocarbonyl (C=S) groups is 1. The number of fused-ring (bicyclic) bond motifs is 1. The van der Waals surface area contributed by atoms with Gasteiger partial charge in [0.25, 0.3) is 0 Å². The Bertz CT molecular complexity index is 269. The minimum atomic E-state index is 0.988. The van der Waals surface area contributed by atoms with E-state index in [0.717, 1.165) is 10.6 Å². The highest BCUT2D eigenvalue weighted by Crippen LogP contribution is 2.34. The Balaban J connectivity index is 2.48. The summed E-state index contributed by atoms with van der Waals surface area (Å²) in [5.74, 6) is 1.09. The van der Waals surface area contributed by atoms with Gasteiger partial charge < -0.3 is 0 Å². The maximum atomic E-state index is 5.13. The Morgan fingerprint density at radius 2 is 2.40 bits per heavy atom. The first kappa shape index (κ1) is 6.38. The maximum Gasteiger partial charge on any atom is 0.0457 e. The van der Waals surface area contributed by atoms with E-state index in [9.17, 15) is 0 Å². The Morgan fingerprint density at radius 1 is 1.50 bits per heavy atom. The smallest absolute Gasteiger partial charge is 0.0457 e. The van der Waals surface area contributed by atoms with Crippen molar-refractivity contribution >= 4 is 28.8 Å². The molecule has 0 saturated carbocycles. The van der Waals surface area contributed by atoms with Crippen LogP contribution in [-0.4, -0.2) is 10.6 Å². The predicted molar refractivity (Wildman–Crippen MR) is 50.4 cm³/mol. The highest BCUT2D eigenvalue weighted by atomic mass is 32.2. The molecule has 0 N–H and O–H groups in total. The molecule has 0 nitrogen and oxygen atoms in total. The fraction of sp³-hybridized carbons (Fsp3) is 0.125. The normalized spacial score (nSPS) is 22.2. The van der Waals surface area contributed by atoms with Gasteiger partial charge in [0.15, 0.2) is 0 Å². The SMILES string of the molecule is S=C1C=CC=C2SCC=C12. The zero-order valence-corrected chi connectivity index (χ0v) is 6.97. The number of hydrogen-bond acceptors (Lipinski definition) is 2. The van der Waals surface area contributed by atoms with Crippen LogP contribution in [0.4, 0.5) is 0 Å². The Hall–Kier alpha value is -0.340. The van der Waals surface area contributed by atoms with Crippen LogP contribution in [-0.2, 0) is 0 Å². The number of hydrogen-bond donors (Lipinski definition) is 0. The van der Waals surface area contributed by atoms with Crippen LogP contribution in [0.2, 0.25) is 0 Å². The van der Waals surface area contributed by atoms with Crippen molar-refractivity contribution in [1.29, 1.82) is 0 Å². The Morgan fingerprint density at radius 3 is 3.20 bits per heavy atom. The van der Waals surface area contributed by atoms with E-state index < -0.39 is 0 Å². The largest absolute Gasteiger partial charge is 0.121 e. The molecule has 0 unspecified atom stereocenters. The van der Waals surface area contributed by atoms with Crippen molar-refractivity contribution in [3.63, 3.8) is 0 Å². The van der Waals surface area contributed by atoms with Gasteiger partial charge in [-0.15, -0.1) is 11.8 Å². The lowest BCUT2D eigenvalue weighted by Crippen LogP contribution is -1.96. The molecule has 0 atom stereocenters. The topological polar surface area (TPSA) is 0 Å². The molecular formula is C8H6S2. The third-order valence-corrected chi connectivity index (χ3v) is 2.91. The molecule has 50 valence electrons. The second-order valence-corrected chi connectivity index (χ2v) is 3.68. The van der Waals surface area contributed by atoms with Crippen LogP contribution in [0.1, 0.15) is 0 Å². The number of rotatable bonds is 0. The highest BCUT2D eigenvalue weighted by Gasteiger charge is 2.15. The molecule has 1 aliphatic carbocycles. The molecule has 0 saturated heterocycles. The quantitative estimate of drug-likeness (QED) is 0.507. The first-order valence-electron chi connectivity index (χ1n) is 3.14. The van der Waals surface area contributed by atoms with E-state index >= 15 is 0 Å².